The van der Waals surface area contributed by atoms with Crippen LogP contribution in [0, 0.1) is 0 Å². The molecule has 114 valence electrons. The Balaban J connectivity index is 1.53. The van der Waals surface area contributed by atoms with Gasteiger partial charge in [-0.05, 0) is 0 Å². The molecule has 6 nitrogen and oxygen atoms in total. The highest BCUT2D eigenvalue weighted by Crippen LogP contribution is 2.30. The van der Waals surface area contributed by atoms with Crippen molar-refractivity contribution >= 4 is 21.4 Å². The quantitative estimate of drug-likeness (QED) is 0.690. The van der Waals surface area contributed by atoms with E-state index in [0.717, 1.165) is 34.4 Å². The molecule has 7 heteroatoms. The third kappa shape index (κ3) is 2.27. The van der Waals surface area contributed by atoms with Gasteiger partial charge in [0.15, 0.2) is 0 Å². The van der Waals surface area contributed by atoms with E-state index < -0.39 is 0 Å². The molecule has 0 bridgehead atoms. The Bertz CT molecular complexity index is 746. The van der Waals surface area contributed by atoms with Crippen molar-refractivity contribution < 1.29 is 4.84 Å². The highest BCUT2D eigenvalue weighted by atomic mass is 32.1. The highest BCUT2D eigenvalue weighted by Gasteiger charge is 2.32. The Morgan fingerprint density at radius 3 is 2.73 bits per heavy atom. The molecule has 4 rings (SSSR count). The average molecular weight is 315 g/mol. The fourth-order valence-corrected chi connectivity index (χ4v) is 3.46. The average Bonchev–Trinajstić information content (AvgIpc) is 3.05. The van der Waals surface area contributed by atoms with E-state index in [1.165, 1.54) is 0 Å². The van der Waals surface area contributed by atoms with Gasteiger partial charge in [-0.3, -0.25) is 0 Å². The number of imidazole rings is 1. The molecule has 1 fully saturated rings. The van der Waals surface area contributed by atoms with Gasteiger partial charge in [-0.2, -0.15) is 5.06 Å². The molecule has 2 aromatic heterocycles. The molecule has 0 saturated carbocycles. The minimum Gasteiger partial charge on any atom is -0.343 e. The van der Waals surface area contributed by atoms with Gasteiger partial charge in [0.2, 0.25) is 10.1 Å². The third-order valence-corrected chi connectivity index (χ3v) is 5.02. The summed E-state index contributed by atoms with van der Waals surface area (Å²) >= 11 is 1.63. The number of fused-ring (bicyclic) bond motifs is 1. The summed E-state index contributed by atoms with van der Waals surface area (Å²) in [4.78, 5) is 13.1. The van der Waals surface area contributed by atoms with E-state index in [1.54, 1.807) is 18.4 Å². The van der Waals surface area contributed by atoms with Crippen LogP contribution in [0.2, 0.25) is 0 Å². The first-order chi connectivity index (χ1) is 10.7. The van der Waals surface area contributed by atoms with Crippen LogP contribution in [0.5, 0.6) is 0 Å². The molecule has 1 aliphatic rings. The lowest BCUT2D eigenvalue weighted by molar-refractivity contribution is -0.146. The lowest BCUT2D eigenvalue weighted by atomic mass is 10.1. The molecule has 0 unspecified atom stereocenters. The highest BCUT2D eigenvalue weighted by molar-refractivity contribution is 7.20. The van der Waals surface area contributed by atoms with Gasteiger partial charge < -0.3 is 9.74 Å². The zero-order valence-electron chi connectivity index (χ0n) is 12.5. The van der Waals surface area contributed by atoms with Crippen molar-refractivity contribution in [3.8, 4) is 11.3 Å². The minimum absolute atomic E-state index is 0.432. The van der Waals surface area contributed by atoms with Crippen molar-refractivity contribution in [2.24, 2.45) is 0 Å². The van der Waals surface area contributed by atoms with Gasteiger partial charge in [0.1, 0.15) is 0 Å². The van der Waals surface area contributed by atoms with Crippen LogP contribution in [0.1, 0.15) is 0 Å². The number of hydrogen-bond acceptors (Lipinski definition) is 6. The van der Waals surface area contributed by atoms with Crippen LogP contribution in [0.25, 0.3) is 16.2 Å². The van der Waals surface area contributed by atoms with Crippen LogP contribution < -0.4 is 4.90 Å². The van der Waals surface area contributed by atoms with E-state index in [9.17, 15) is 0 Å². The molecule has 3 aromatic rings. The van der Waals surface area contributed by atoms with Gasteiger partial charge >= 0.3 is 0 Å². The van der Waals surface area contributed by atoms with Crippen molar-refractivity contribution in [3.63, 3.8) is 0 Å². The van der Waals surface area contributed by atoms with Crippen molar-refractivity contribution in [2.45, 2.75) is 6.04 Å². The molecule has 0 N–H and O–H groups in total. The normalized spacial score (nSPS) is 15.7. The van der Waals surface area contributed by atoms with Gasteiger partial charge in [-0.1, -0.05) is 41.7 Å². The van der Waals surface area contributed by atoms with Crippen LogP contribution in [0.15, 0.2) is 36.5 Å². The summed E-state index contributed by atoms with van der Waals surface area (Å²) in [6.45, 7) is 1.87. The maximum atomic E-state index is 5.22. The zero-order chi connectivity index (χ0) is 15.1. The summed E-state index contributed by atoms with van der Waals surface area (Å²) in [6, 6.07) is 10.6. The molecule has 0 radical (unpaired) electrons. The second-order valence-corrected chi connectivity index (χ2v) is 6.33. The largest absolute Gasteiger partial charge is 0.343 e. The Kier molecular flexibility index (Phi) is 3.33. The van der Waals surface area contributed by atoms with Crippen molar-refractivity contribution in [1.29, 1.82) is 0 Å². The van der Waals surface area contributed by atoms with Gasteiger partial charge in [0.05, 0.1) is 25.0 Å². The topological polar surface area (TPSA) is 45.9 Å². The molecular weight excluding hydrogens is 298 g/mol. The summed E-state index contributed by atoms with van der Waals surface area (Å²) in [5.41, 5.74) is 2.08. The molecule has 0 aliphatic carbocycles. The fourth-order valence-electron chi connectivity index (χ4n) is 2.56. The SMILES string of the molecule is CON(C)C1CN(c2nn3cc(-c4ccccc4)nc3s2)C1. The van der Waals surface area contributed by atoms with E-state index in [1.807, 2.05) is 41.0 Å². The smallest absolute Gasteiger partial charge is 0.214 e. The molecule has 3 heterocycles. The number of likely N-dealkylation sites (N-methyl/N-ethyl adjacent to an activating group) is 1. The summed E-state index contributed by atoms with van der Waals surface area (Å²) < 4.78 is 1.87. The van der Waals surface area contributed by atoms with Gasteiger partial charge in [-0.15, -0.1) is 5.10 Å². The summed E-state index contributed by atoms with van der Waals surface area (Å²) in [5.74, 6) is 0. The zero-order valence-corrected chi connectivity index (χ0v) is 13.3. The van der Waals surface area contributed by atoms with Gasteiger partial charge in [-0.25, -0.2) is 9.50 Å². The second-order valence-electron chi connectivity index (χ2n) is 5.39. The monoisotopic (exact) mass is 315 g/mol. The minimum atomic E-state index is 0.432. The maximum Gasteiger partial charge on any atom is 0.214 e. The molecule has 22 heavy (non-hydrogen) atoms. The van der Waals surface area contributed by atoms with Crippen LogP contribution in [-0.2, 0) is 4.84 Å². The second kappa shape index (κ2) is 5.35. The Labute approximate surface area is 132 Å². The Hall–Kier alpha value is -1.96. The molecule has 1 saturated heterocycles. The molecule has 1 aliphatic heterocycles. The molecule has 1 aromatic carbocycles. The van der Waals surface area contributed by atoms with Gasteiger partial charge in [0.25, 0.3) is 0 Å². The van der Waals surface area contributed by atoms with E-state index in [-0.39, 0.29) is 0 Å². The first-order valence-corrected chi connectivity index (χ1v) is 8.00. The Morgan fingerprint density at radius 1 is 1.27 bits per heavy atom. The lowest BCUT2D eigenvalue weighted by Gasteiger charge is -2.42. The van der Waals surface area contributed by atoms with Crippen molar-refractivity contribution in [3.05, 3.63) is 36.5 Å². The van der Waals surface area contributed by atoms with E-state index in [0.29, 0.717) is 6.04 Å². The molecule has 0 atom stereocenters. The number of anilines is 1. The number of benzene rings is 1. The van der Waals surface area contributed by atoms with Gasteiger partial charge in [0, 0.05) is 25.7 Å². The Morgan fingerprint density at radius 2 is 2.05 bits per heavy atom. The molecule has 0 spiro atoms. The van der Waals surface area contributed by atoms with Crippen LogP contribution in [0.3, 0.4) is 0 Å². The van der Waals surface area contributed by atoms with E-state index in [2.05, 4.69) is 27.1 Å². The van der Waals surface area contributed by atoms with E-state index >= 15 is 0 Å². The standard InChI is InChI=1S/C15H17N5OS/c1-18(21-2)12-8-19(9-12)15-17-20-10-13(16-14(20)22-15)11-6-4-3-5-7-11/h3-7,10,12H,8-9H2,1-2H3. The predicted octanol–water partition coefficient (Wildman–Crippen LogP) is 2.14. The number of hydrogen-bond donors (Lipinski definition) is 0. The summed E-state index contributed by atoms with van der Waals surface area (Å²) in [6.07, 6.45) is 1.99. The number of nitrogens with zero attached hydrogens (tertiary/aromatic N) is 5. The summed E-state index contributed by atoms with van der Waals surface area (Å²) in [7, 11) is 3.66. The van der Waals surface area contributed by atoms with Crippen molar-refractivity contribution in [1.82, 2.24) is 19.7 Å². The number of aromatic nitrogens is 3. The van der Waals surface area contributed by atoms with Crippen LogP contribution >= 0.6 is 11.3 Å². The van der Waals surface area contributed by atoms with Crippen LogP contribution in [0.4, 0.5) is 5.13 Å². The van der Waals surface area contributed by atoms with E-state index in [4.69, 9.17) is 4.84 Å². The number of rotatable bonds is 4. The third-order valence-electron chi connectivity index (χ3n) is 4.04. The number of hydroxylamine groups is 2. The maximum absolute atomic E-state index is 5.22. The summed E-state index contributed by atoms with van der Waals surface area (Å²) in [5, 5.41) is 7.55. The first-order valence-electron chi connectivity index (χ1n) is 7.18. The first kappa shape index (κ1) is 13.7. The molecular formula is C15H17N5OS. The van der Waals surface area contributed by atoms with Crippen LogP contribution in [-0.4, -0.2) is 53.0 Å². The fraction of sp³-hybridized carbons (Fsp3) is 0.333. The lowest BCUT2D eigenvalue weighted by Crippen LogP contribution is -2.58. The predicted molar refractivity (Wildman–Crippen MR) is 87.1 cm³/mol. The molecule has 0 amide bonds. The van der Waals surface area contributed by atoms with Crippen molar-refractivity contribution in [2.75, 3.05) is 32.1 Å².